The molecule has 1 aromatic rings. The Morgan fingerprint density at radius 1 is 1.20 bits per heavy atom. The molecule has 0 saturated heterocycles. The number of hydrogen-bond donors (Lipinski definition) is 1. The molecule has 0 bridgehead atoms. The zero-order chi connectivity index (χ0) is 11.3. The Balaban J connectivity index is 2.84. The van der Waals surface area contributed by atoms with Gasteiger partial charge in [0.05, 0.1) is 0 Å². The Morgan fingerprint density at radius 2 is 1.87 bits per heavy atom. The van der Waals surface area contributed by atoms with Crippen molar-refractivity contribution in [3.05, 3.63) is 35.4 Å². The van der Waals surface area contributed by atoms with Crippen LogP contribution in [0.2, 0.25) is 0 Å². The summed E-state index contributed by atoms with van der Waals surface area (Å²) in [7, 11) is 2.02. The number of aryl methyl sites for hydroxylation is 1. The first-order chi connectivity index (χ1) is 7.16. The predicted octanol–water partition coefficient (Wildman–Crippen LogP) is 3.34. The van der Waals surface area contributed by atoms with Gasteiger partial charge in [0.15, 0.2) is 0 Å². The minimum Gasteiger partial charge on any atom is -0.320 e. The van der Waals surface area contributed by atoms with Crippen molar-refractivity contribution >= 4 is 0 Å². The van der Waals surface area contributed by atoms with Gasteiger partial charge in [-0.25, -0.2) is 0 Å². The number of benzene rings is 1. The molecule has 1 rings (SSSR count). The van der Waals surface area contributed by atoms with Crippen LogP contribution in [0.3, 0.4) is 0 Å². The van der Waals surface area contributed by atoms with Crippen LogP contribution in [0.15, 0.2) is 24.3 Å². The third-order valence-electron chi connectivity index (χ3n) is 3.10. The Labute approximate surface area is 93.9 Å². The van der Waals surface area contributed by atoms with E-state index in [-0.39, 0.29) is 0 Å². The Bertz CT molecular complexity index is 291. The van der Waals surface area contributed by atoms with Gasteiger partial charge in [0.2, 0.25) is 0 Å². The smallest absolute Gasteiger partial charge is 0.00460 e. The summed E-state index contributed by atoms with van der Waals surface area (Å²) in [5.41, 5.74) is 2.94. The highest BCUT2D eigenvalue weighted by Crippen LogP contribution is 2.29. The van der Waals surface area contributed by atoms with Gasteiger partial charge in [0.1, 0.15) is 0 Å². The fourth-order valence-corrected chi connectivity index (χ4v) is 2.15. The molecule has 0 aliphatic rings. The van der Waals surface area contributed by atoms with Crippen molar-refractivity contribution in [3.8, 4) is 0 Å². The van der Waals surface area contributed by atoms with Crippen LogP contribution < -0.4 is 5.32 Å². The number of nitrogens with one attached hydrogen (secondary N) is 1. The lowest BCUT2D eigenvalue weighted by atomic mass is 9.83. The first-order valence-electron chi connectivity index (χ1n) is 5.87. The van der Waals surface area contributed by atoms with Crippen molar-refractivity contribution in [3.63, 3.8) is 0 Å². The first-order valence-corrected chi connectivity index (χ1v) is 5.87. The molecule has 15 heavy (non-hydrogen) atoms. The van der Waals surface area contributed by atoms with E-state index in [1.165, 1.54) is 17.5 Å². The van der Waals surface area contributed by atoms with E-state index in [9.17, 15) is 0 Å². The molecule has 1 N–H and O–H groups in total. The molecule has 0 aliphatic heterocycles. The van der Waals surface area contributed by atoms with Gasteiger partial charge in [-0.2, -0.15) is 0 Å². The molecule has 0 spiro atoms. The van der Waals surface area contributed by atoms with E-state index in [0.717, 1.165) is 6.54 Å². The second-order valence-electron chi connectivity index (χ2n) is 4.60. The van der Waals surface area contributed by atoms with Crippen LogP contribution >= 0.6 is 0 Å². The van der Waals surface area contributed by atoms with E-state index in [1.807, 2.05) is 7.05 Å². The molecule has 84 valence electrons. The molecule has 0 aliphatic carbocycles. The minimum atomic E-state index is 0.679. The fraction of sp³-hybridized carbons (Fsp3) is 0.571. The highest BCUT2D eigenvalue weighted by molar-refractivity contribution is 5.29. The van der Waals surface area contributed by atoms with Gasteiger partial charge in [-0.15, -0.1) is 0 Å². The maximum absolute atomic E-state index is 3.24. The maximum Gasteiger partial charge on any atom is -0.00460 e. The van der Waals surface area contributed by atoms with Crippen molar-refractivity contribution in [2.24, 2.45) is 5.92 Å². The van der Waals surface area contributed by atoms with Gasteiger partial charge in [-0.3, -0.25) is 0 Å². The Hall–Kier alpha value is -0.820. The van der Waals surface area contributed by atoms with Crippen LogP contribution in [0.25, 0.3) is 0 Å². The summed E-state index contributed by atoms with van der Waals surface area (Å²) < 4.78 is 0. The summed E-state index contributed by atoms with van der Waals surface area (Å²) in [6.45, 7) is 7.93. The minimum absolute atomic E-state index is 0.679. The fourth-order valence-electron chi connectivity index (χ4n) is 2.15. The van der Waals surface area contributed by atoms with Crippen LogP contribution in [0.4, 0.5) is 0 Å². The average molecular weight is 205 g/mol. The van der Waals surface area contributed by atoms with Crippen molar-refractivity contribution in [1.29, 1.82) is 0 Å². The average Bonchev–Trinajstić information content (AvgIpc) is 2.20. The van der Waals surface area contributed by atoms with Gasteiger partial charge in [0.25, 0.3) is 0 Å². The molecular weight excluding hydrogens is 182 g/mol. The summed E-state index contributed by atoms with van der Waals surface area (Å²) in [4.78, 5) is 0. The topological polar surface area (TPSA) is 12.0 Å². The van der Waals surface area contributed by atoms with Crippen LogP contribution in [0, 0.1) is 12.8 Å². The lowest BCUT2D eigenvalue weighted by Crippen LogP contribution is -2.16. The summed E-state index contributed by atoms with van der Waals surface area (Å²) >= 11 is 0. The largest absolute Gasteiger partial charge is 0.320 e. The van der Waals surface area contributed by atoms with E-state index >= 15 is 0 Å². The third-order valence-corrected chi connectivity index (χ3v) is 3.10. The number of hydrogen-bond acceptors (Lipinski definition) is 1. The van der Waals surface area contributed by atoms with Crippen LogP contribution in [0.5, 0.6) is 0 Å². The summed E-state index contributed by atoms with van der Waals surface area (Å²) in [5.74, 6) is 1.39. The van der Waals surface area contributed by atoms with Gasteiger partial charge in [0, 0.05) is 0 Å². The van der Waals surface area contributed by atoms with Gasteiger partial charge < -0.3 is 5.32 Å². The van der Waals surface area contributed by atoms with Crippen molar-refractivity contribution < 1.29 is 0 Å². The third kappa shape index (κ3) is 3.35. The van der Waals surface area contributed by atoms with E-state index in [2.05, 4.69) is 50.4 Å². The quantitative estimate of drug-likeness (QED) is 0.777. The van der Waals surface area contributed by atoms with Crippen LogP contribution in [-0.2, 0) is 0 Å². The SMILES string of the molecule is CNCCC(c1ccccc1C)C(C)C. The second-order valence-corrected chi connectivity index (χ2v) is 4.60. The lowest BCUT2D eigenvalue weighted by Gasteiger charge is -2.23. The molecule has 1 aromatic carbocycles. The molecular formula is C14H23N. The number of rotatable bonds is 5. The van der Waals surface area contributed by atoms with E-state index in [4.69, 9.17) is 0 Å². The highest BCUT2D eigenvalue weighted by atomic mass is 14.8. The second kappa shape index (κ2) is 5.92. The van der Waals surface area contributed by atoms with Crippen molar-refractivity contribution in [1.82, 2.24) is 5.32 Å². The van der Waals surface area contributed by atoms with Gasteiger partial charge >= 0.3 is 0 Å². The zero-order valence-corrected chi connectivity index (χ0v) is 10.4. The standard InChI is InChI=1S/C14H23N/c1-11(2)13(9-10-15-4)14-8-6-5-7-12(14)3/h5-8,11,13,15H,9-10H2,1-4H3. The highest BCUT2D eigenvalue weighted by Gasteiger charge is 2.16. The van der Waals surface area contributed by atoms with E-state index in [0.29, 0.717) is 11.8 Å². The van der Waals surface area contributed by atoms with Crippen LogP contribution in [0.1, 0.15) is 37.3 Å². The molecule has 0 aromatic heterocycles. The molecule has 1 atom stereocenters. The van der Waals surface area contributed by atoms with Gasteiger partial charge in [-0.1, -0.05) is 38.1 Å². The molecule has 0 heterocycles. The summed E-state index contributed by atoms with van der Waals surface area (Å²) in [6, 6.07) is 8.76. The van der Waals surface area contributed by atoms with Crippen molar-refractivity contribution in [2.75, 3.05) is 13.6 Å². The van der Waals surface area contributed by atoms with Gasteiger partial charge in [-0.05, 0) is 49.9 Å². The predicted molar refractivity (Wildman–Crippen MR) is 67.3 cm³/mol. The molecule has 0 amide bonds. The monoisotopic (exact) mass is 205 g/mol. The van der Waals surface area contributed by atoms with E-state index < -0.39 is 0 Å². The first kappa shape index (κ1) is 12.3. The molecule has 1 nitrogen and oxygen atoms in total. The maximum atomic E-state index is 3.24. The molecule has 0 saturated carbocycles. The summed E-state index contributed by atoms with van der Waals surface area (Å²) in [5, 5.41) is 3.24. The summed E-state index contributed by atoms with van der Waals surface area (Å²) in [6.07, 6.45) is 1.22. The van der Waals surface area contributed by atoms with Crippen molar-refractivity contribution in [2.45, 2.75) is 33.1 Å². The molecule has 1 unspecified atom stereocenters. The Morgan fingerprint density at radius 3 is 2.40 bits per heavy atom. The molecule has 0 radical (unpaired) electrons. The molecule has 0 fully saturated rings. The van der Waals surface area contributed by atoms with Crippen LogP contribution in [-0.4, -0.2) is 13.6 Å². The van der Waals surface area contributed by atoms with E-state index in [1.54, 1.807) is 0 Å². The lowest BCUT2D eigenvalue weighted by molar-refractivity contribution is 0.459. The normalized spacial score (nSPS) is 13.1. The zero-order valence-electron chi connectivity index (χ0n) is 10.4. The molecule has 1 heteroatoms. The Kier molecular flexibility index (Phi) is 4.83.